The summed E-state index contributed by atoms with van der Waals surface area (Å²) in [5.41, 5.74) is 5.33. The lowest BCUT2D eigenvalue weighted by atomic mass is 10.1. The number of fused-ring (bicyclic) bond motifs is 2. The Balaban J connectivity index is 1.42. The van der Waals surface area contributed by atoms with Crippen molar-refractivity contribution in [2.24, 2.45) is 0 Å². The van der Waals surface area contributed by atoms with Gasteiger partial charge in [-0.15, -0.1) is 0 Å². The number of aromatic nitrogens is 1. The topological polar surface area (TPSA) is 54.3 Å². The van der Waals surface area contributed by atoms with E-state index in [0.29, 0.717) is 28.4 Å². The molecule has 3 aromatic carbocycles. The van der Waals surface area contributed by atoms with Gasteiger partial charge in [-0.2, -0.15) is 0 Å². The highest BCUT2D eigenvalue weighted by Crippen LogP contribution is 2.30. The van der Waals surface area contributed by atoms with Crippen LogP contribution in [0.3, 0.4) is 0 Å². The molecule has 0 bridgehead atoms. The van der Waals surface area contributed by atoms with Gasteiger partial charge in [-0.05, 0) is 72.6 Å². The van der Waals surface area contributed by atoms with Crippen molar-refractivity contribution in [2.75, 3.05) is 10.2 Å². The molecular formula is C27H21Cl2N3O2. The number of carbonyl (C=O) groups is 2. The zero-order chi connectivity index (χ0) is 23.8. The van der Waals surface area contributed by atoms with E-state index in [9.17, 15) is 9.59 Å². The Labute approximate surface area is 207 Å². The summed E-state index contributed by atoms with van der Waals surface area (Å²) in [6, 6.07) is 22.0. The van der Waals surface area contributed by atoms with Crippen LogP contribution >= 0.6 is 23.2 Å². The van der Waals surface area contributed by atoms with Crippen molar-refractivity contribution in [3.8, 4) is 0 Å². The van der Waals surface area contributed by atoms with Gasteiger partial charge in [0, 0.05) is 40.4 Å². The molecule has 170 valence electrons. The Morgan fingerprint density at radius 1 is 0.912 bits per heavy atom. The summed E-state index contributed by atoms with van der Waals surface area (Å²) in [6.07, 6.45) is 2.04. The summed E-state index contributed by atoms with van der Waals surface area (Å²) in [4.78, 5) is 28.2. The molecule has 0 fully saturated rings. The van der Waals surface area contributed by atoms with E-state index in [1.807, 2.05) is 48.4 Å². The SMILES string of the molecule is Cc1cc(C(=O)N2Cc3cccn3Cc3ccccc32)ccc1NC(=O)c1ccc(Cl)cc1Cl. The summed E-state index contributed by atoms with van der Waals surface area (Å²) >= 11 is 12.1. The lowest BCUT2D eigenvalue weighted by Crippen LogP contribution is -2.30. The van der Waals surface area contributed by atoms with Crippen molar-refractivity contribution in [2.45, 2.75) is 20.0 Å². The van der Waals surface area contributed by atoms with Gasteiger partial charge >= 0.3 is 0 Å². The van der Waals surface area contributed by atoms with Gasteiger partial charge in [0.1, 0.15) is 0 Å². The zero-order valence-corrected chi connectivity index (χ0v) is 19.9. The van der Waals surface area contributed by atoms with Gasteiger partial charge in [-0.25, -0.2) is 0 Å². The van der Waals surface area contributed by atoms with E-state index < -0.39 is 0 Å². The fraction of sp³-hybridized carbons (Fsp3) is 0.111. The summed E-state index contributed by atoms with van der Waals surface area (Å²) in [5.74, 6) is -0.435. The summed E-state index contributed by atoms with van der Waals surface area (Å²) in [7, 11) is 0. The zero-order valence-electron chi connectivity index (χ0n) is 18.4. The first kappa shape index (κ1) is 22.3. The minimum Gasteiger partial charge on any atom is -0.345 e. The number of benzene rings is 3. The van der Waals surface area contributed by atoms with Crippen molar-refractivity contribution >= 4 is 46.4 Å². The number of hydrogen-bond acceptors (Lipinski definition) is 2. The predicted molar refractivity (Wildman–Crippen MR) is 136 cm³/mol. The number of aryl methyl sites for hydroxylation is 1. The maximum atomic E-state index is 13.6. The highest BCUT2D eigenvalue weighted by Gasteiger charge is 2.25. The predicted octanol–water partition coefficient (Wildman–Crippen LogP) is 6.56. The number of carbonyl (C=O) groups excluding carboxylic acids is 2. The lowest BCUT2D eigenvalue weighted by molar-refractivity contribution is 0.0983. The van der Waals surface area contributed by atoms with E-state index in [-0.39, 0.29) is 16.8 Å². The standard InChI is InChI=1S/C27H21Cl2N3O2/c1-17-13-18(8-11-24(17)30-26(33)22-10-9-20(28)14-23(22)29)27(34)32-16-21-6-4-12-31(21)15-19-5-2-3-7-25(19)32/h2-14H,15-16H2,1H3,(H,30,33). The molecule has 34 heavy (non-hydrogen) atoms. The molecule has 1 aromatic heterocycles. The third-order valence-electron chi connectivity index (χ3n) is 6.01. The molecule has 2 heterocycles. The fourth-order valence-corrected chi connectivity index (χ4v) is 4.72. The summed E-state index contributed by atoms with van der Waals surface area (Å²) < 4.78 is 2.16. The average molecular weight is 490 g/mol. The first-order valence-electron chi connectivity index (χ1n) is 10.8. The molecule has 1 aliphatic heterocycles. The molecule has 0 saturated heterocycles. The quantitative estimate of drug-likeness (QED) is 0.354. The molecule has 0 atom stereocenters. The van der Waals surface area contributed by atoms with Crippen molar-refractivity contribution < 1.29 is 9.59 Å². The van der Waals surface area contributed by atoms with Crippen molar-refractivity contribution in [3.63, 3.8) is 0 Å². The maximum Gasteiger partial charge on any atom is 0.258 e. The van der Waals surface area contributed by atoms with Crippen molar-refractivity contribution in [3.05, 3.63) is 117 Å². The number of nitrogens with one attached hydrogen (secondary N) is 1. The van der Waals surface area contributed by atoms with E-state index in [4.69, 9.17) is 23.2 Å². The first-order valence-corrected chi connectivity index (χ1v) is 11.6. The van der Waals surface area contributed by atoms with Gasteiger partial charge < -0.3 is 14.8 Å². The van der Waals surface area contributed by atoms with Gasteiger partial charge in [0.25, 0.3) is 11.8 Å². The van der Waals surface area contributed by atoms with Crippen LogP contribution < -0.4 is 10.2 Å². The second kappa shape index (κ2) is 9.01. The fourth-order valence-electron chi connectivity index (χ4n) is 4.22. The average Bonchev–Trinajstić information content (AvgIpc) is 3.18. The first-order chi connectivity index (χ1) is 16.4. The molecule has 5 nitrogen and oxygen atoms in total. The van der Waals surface area contributed by atoms with Crippen LogP contribution in [0.15, 0.2) is 79.0 Å². The van der Waals surface area contributed by atoms with Crippen molar-refractivity contribution in [1.82, 2.24) is 4.57 Å². The van der Waals surface area contributed by atoms with Gasteiger partial charge in [-0.3, -0.25) is 9.59 Å². The Kier molecular flexibility index (Phi) is 5.90. The number of anilines is 2. The Morgan fingerprint density at radius 3 is 2.53 bits per heavy atom. The van der Waals surface area contributed by atoms with Crippen molar-refractivity contribution in [1.29, 1.82) is 0 Å². The largest absolute Gasteiger partial charge is 0.345 e. The minimum atomic E-state index is -0.342. The van der Waals surface area contributed by atoms with Crippen LogP contribution in [0.4, 0.5) is 11.4 Å². The van der Waals surface area contributed by atoms with Crippen LogP contribution in [0.2, 0.25) is 10.0 Å². The van der Waals surface area contributed by atoms with E-state index >= 15 is 0 Å². The molecule has 0 aliphatic carbocycles. The number of halogens is 2. The molecule has 4 aromatic rings. The van der Waals surface area contributed by atoms with Crippen LogP contribution in [0.5, 0.6) is 0 Å². The molecule has 0 radical (unpaired) electrons. The van der Waals surface area contributed by atoms with Crippen LogP contribution in [-0.2, 0) is 13.1 Å². The van der Waals surface area contributed by atoms with Crippen LogP contribution in [-0.4, -0.2) is 16.4 Å². The highest BCUT2D eigenvalue weighted by atomic mass is 35.5. The second-order valence-electron chi connectivity index (χ2n) is 8.26. The Hall–Kier alpha value is -3.54. The third kappa shape index (κ3) is 4.20. The molecular weight excluding hydrogens is 469 g/mol. The van der Waals surface area contributed by atoms with E-state index in [1.54, 1.807) is 30.3 Å². The monoisotopic (exact) mass is 489 g/mol. The molecule has 5 rings (SSSR count). The Bertz CT molecular complexity index is 1430. The van der Waals surface area contributed by atoms with Gasteiger partial charge in [0.2, 0.25) is 0 Å². The molecule has 1 aliphatic rings. The molecule has 0 saturated carbocycles. The molecule has 0 spiro atoms. The van der Waals surface area contributed by atoms with Gasteiger partial charge in [0.05, 0.1) is 17.1 Å². The Morgan fingerprint density at radius 2 is 1.74 bits per heavy atom. The summed E-state index contributed by atoms with van der Waals surface area (Å²) in [5, 5.41) is 3.61. The smallest absolute Gasteiger partial charge is 0.258 e. The summed E-state index contributed by atoms with van der Waals surface area (Å²) in [6.45, 7) is 3.06. The van der Waals surface area contributed by atoms with Gasteiger partial charge in [-0.1, -0.05) is 41.4 Å². The minimum absolute atomic E-state index is 0.0937. The van der Waals surface area contributed by atoms with E-state index in [0.717, 1.165) is 29.1 Å². The number of rotatable bonds is 3. The number of nitrogens with zero attached hydrogens (tertiary/aromatic N) is 2. The number of para-hydroxylation sites is 1. The normalized spacial score (nSPS) is 12.5. The second-order valence-corrected chi connectivity index (χ2v) is 9.10. The number of amides is 2. The van der Waals surface area contributed by atoms with Crippen LogP contribution in [0.25, 0.3) is 0 Å². The van der Waals surface area contributed by atoms with Gasteiger partial charge in [0.15, 0.2) is 0 Å². The lowest BCUT2D eigenvalue weighted by Gasteiger charge is -2.23. The molecule has 1 N–H and O–H groups in total. The van der Waals surface area contributed by atoms with E-state index in [2.05, 4.69) is 16.0 Å². The highest BCUT2D eigenvalue weighted by molar-refractivity contribution is 6.37. The molecule has 7 heteroatoms. The molecule has 2 amide bonds. The maximum absolute atomic E-state index is 13.6. The van der Waals surface area contributed by atoms with E-state index in [1.165, 1.54) is 6.07 Å². The molecule has 0 unspecified atom stereocenters. The number of hydrogen-bond donors (Lipinski definition) is 1. The third-order valence-corrected chi connectivity index (χ3v) is 6.56. The van der Waals surface area contributed by atoms with Crippen LogP contribution in [0, 0.1) is 6.92 Å². The van der Waals surface area contributed by atoms with Crippen LogP contribution in [0.1, 0.15) is 37.5 Å².